The van der Waals surface area contributed by atoms with Crippen molar-refractivity contribution in [1.82, 2.24) is 0 Å². The Kier molecular flexibility index (Phi) is 5.60. The first kappa shape index (κ1) is 13.3. The van der Waals surface area contributed by atoms with Crippen molar-refractivity contribution in [2.24, 2.45) is 0 Å². The Hall–Kier alpha value is -0.710. The molecule has 14 heavy (non-hydrogen) atoms. The minimum Gasteiger partial charge on any atom is -1.00 e. The van der Waals surface area contributed by atoms with Gasteiger partial charge < -0.3 is 22.5 Å². The quantitative estimate of drug-likeness (QED) is 0.475. The molecule has 0 aliphatic carbocycles. The zero-order chi connectivity index (χ0) is 8.39. The summed E-state index contributed by atoms with van der Waals surface area (Å²) in [6.07, 6.45) is 1.92. The van der Waals surface area contributed by atoms with Gasteiger partial charge in [0.25, 0.3) is 0 Å². The predicted octanol–water partition coefficient (Wildman–Crippen LogP) is -1.45. The van der Waals surface area contributed by atoms with E-state index in [0.29, 0.717) is 0 Å². The molecule has 0 spiro atoms. The van der Waals surface area contributed by atoms with Crippen LogP contribution in [0.15, 0.2) is 42.4 Å². The lowest BCUT2D eigenvalue weighted by Gasteiger charge is -1.86. The SMILES string of the molecule is C=CC[n+]1csc2ccccc21.O.[Br-]. The van der Waals surface area contributed by atoms with Crippen LogP contribution in [0.1, 0.15) is 0 Å². The van der Waals surface area contributed by atoms with Gasteiger partial charge in [-0.05, 0) is 12.1 Å². The van der Waals surface area contributed by atoms with E-state index in [1.807, 2.05) is 6.08 Å². The number of para-hydroxylation sites is 1. The van der Waals surface area contributed by atoms with Gasteiger partial charge in [0.05, 0.1) is 0 Å². The molecule has 0 saturated heterocycles. The van der Waals surface area contributed by atoms with Crippen molar-refractivity contribution < 1.29 is 27.0 Å². The fourth-order valence-corrected chi connectivity index (χ4v) is 2.16. The highest BCUT2D eigenvalue weighted by Crippen LogP contribution is 2.14. The van der Waals surface area contributed by atoms with Gasteiger partial charge in [-0.1, -0.05) is 30.0 Å². The van der Waals surface area contributed by atoms with Gasteiger partial charge >= 0.3 is 0 Å². The number of aromatic nitrogens is 1. The second kappa shape index (κ2) is 5.90. The molecule has 2 aromatic rings. The highest BCUT2D eigenvalue weighted by Gasteiger charge is 2.07. The van der Waals surface area contributed by atoms with E-state index >= 15 is 0 Å². The Labute approximate surface area is 97.6 Å². The number of benzene rings is 1. The molecule has 0 atom stereocenters. The maximum absolute atomic E-state index is 3.73. The zero-order valence-electron chi connectivity index (χ0n) is 7.61. The minimum atomic E-state index is 0. The molecule has 0 aliphatic rings. The van der Waals surface area contributed by atoms with Gasteiger partial charge in [-0.2, -0.15) is 4.57 Å². The topological polar surface area (TPSA) is 35.4 Å². The predicted molar refractivity (Wildman–Crippen MR) is 55.8 cm³/mol. The highest BCUT2D eigenvalue weighted by atomic mass is 79.9. The molecule has 0 unspecified atom stereocenters. The lowest BCUT2D eigenvalue weighted by molar-refractivity contribution is -0.656. The number of thiazole rings is 1. The van der Waals surface area contributed by atoms with Crippen molar-refractivity contribution in [1.29, 1.82) is 0 Å². The molecule has 0 amide bonds. The number of hydrogen-bond donors (Lipinski definition) is 0. The third kappa shape index (κ3) is 2.41. The van der Waals surface area contributed by atoms with E-state index < -0.39 is 0 Å². The van der Waals surface area contributed by atoms with E-state index in [1.54, 1.807) is 11.3 Å². The summed E-state index contributed by atoms with van der Waals surface area (Å²) >= 11 is 1.77. The summed E-state index contributed by atoms with van der Waals surface area (Å²) in [5, 5.41) is 0. The van der Waals surface area contributed by atoms with Crippen LogP contribution < -0.4 is 21.5 Å². The molecule has 0 bridgehead atoms. The van der Waals surface area contributed by atoms with Crippen LogP contribution in [0.25, 0.3) is 10.2 Å². The monoisotopic (exact) mass is 273 g/mol. The number of allylic oxidation sites excluding steroid dienone is 1. The number of nitrogens with zero attached hydrogens (tertiary/aromatic N) is 1. The lowest BCUT2D eigenvalue weighted by Crippen LogP contribution is -3.00. The van der Waals surface area contributed by atoms with Gasteiger partial charge in [0.2, 0.25) is 11.0 Å². The molecule has 0 saturated carbocycles. The number of fused-ring (bicyclic) bond motifs is 1. The minimum absolute atomic E-state index is 0. The number of rotatable bonds is 2. The molecule has 2 nitrogen and oxygen atoms in total. The molecule has 1 aromatic carbocycles. The Morgan fingerprint density at radius 3 is 2.79 bits per heavy atom. The third-order valence-corrected chi connectivity index (χ3v) is 2.77. The fourth-order valence-electron chi connectivity index (χ4n) is 1.25. The van der Waals surface area contributed by atoms with Crippen molar-refractivity contribution in [2.75, 3.05) is 0 Å². The summed E-state index contributed by atoms with van der Waals surface area (Å²) in [4.78, 5) is 0. The smallest absolute Gasteiger partial charge is 0.226 e. The average molecular weight is 274 g/mol. The molecule has 1 aromatic heterocycles. The van der Waals surface area contributed by atoms with E-state index in [2.05, 4.69) is 40.9 Å². The van der Waals surface area contributed by atoms with E-state index in [9.17, 15) is 0 Å². The van der Waals surface area contributed by atoms with Crippen molar-refractivity contribution in [2.45, 2.75) is 6.54 Å². The summed E-state index contributed by atoms with van der Waals surface area (Å²) in [5.41, 5.74) is 3.43. The van der Waals surface area contributed by atoms with Gasteiger partial charge in [-0.3, -0.25) is 0 Å². The van der Waals surface area contributed by atoms with Crippen LogP contribution in [-0.4, -0.2) is 5.48 Å². The normalized spacial score (nSPS) is 8.86. The van der Waals surface area contributed by atoms with Gasteiger partial charge in [0.15, 0.2) is 6.54 Å². The second-order valence-corrected chi connectivity index (χ2v) is 3.52. The summed E-state index contributed by atoms with van der Waals surface area (Å²) < 4.78 is 3.53. The molecular weight excluding hydrogens is 262 g/mol. The zero-order valence-corrected chi connectivity index (χ0v) is 10.0. The van der Waals surface area contributed by atoms with Crippen molar-refractivity contribution >= 4 is 21.6 Å². The maximum atomic E-state index is 3.73. The van der Waals surface area contributed by atoms with Crippen molar-refractivity contribution in [3.05, 3.63) is 42.4 Å². The summed E-state index contributed by atoms with van der Waals surface area (Å²) in [6.45, 7) is 4.62. The second-order valence-electron chi connectivity index (χ2n) is 2.63. The number of halogens is 1. The van der Waals surface area contributed by atoms with E-state index in [0.717, 1.165) is 6.54 Å². The van der Waals surface area contributed by atoms with Crippen LogP contribution in [0.2, 0.25) is 0 Å². The third-order valence-electron chi connectivity index (χ3n) is 1.81. The standard InChI is InChI=1S/C10H10NS.BrH.H2O/c1-2-7-11-8-12-10-6-4-3-5-9(10)11;;/h2-6,8H,1,7H2;1H;1H2/q+1;;/p-1. The summed E-state index contributed by atoms with van der Waals surface area (Å²) in [7, 11) is 0. The molecule has 0 aliphatic heterocycles. The Morgan fingerprint density at radius 2 is 2.07 bits per heavy atom. The Balaban J connectivity index is 0.000000845. The number of hydrogen-bond acceptors (Lipinski definition) is 1. The summed E-state index contributed by atoms with van der Waals surface area (Å²) in [6, 6.07) is 8.40. The van der Waals surface area contributed by atoms with E-state index in [1.165, 1.54) is 10.2 Å². The van der Waals surface area contributed by atoms with Crippen LogP contribution in [0.3, 0.4) is 0 Å². The first-order chi connectivity index (χ1) is 5.92. The van der Waals surface area contributed by atoms with Crippen LogP contribution in [0, 0.1) is 0 Å². The molecule has 1 heterocycles. The largest absolute Gasteiger partial charge is 1.00 e. The molecule has 4 heteroatoms. The molecule has 2 rings (SSSR count). The highest BCUT2D eigenvalue weighted by molar-refractivity contribution is 7.16. The van der Waals surface area contributed by atoms with Crippen molar-refractivity contribution in [3.63, 3.8) is 0 Å². The fraction of sp³-hybridized carbons (Fsp3) is 0.100. The van der Waals surface area contributed by atoms with Crippen LogP contribution in [0.5, 0.6) is 0 Å². The molecule has 0 fully saturated rings. The Morgan fingerprint density at radius 1 is 1.36 bits per heavy atom. The van der Waals surface area contributed by atoms with Crippen LogP contribution >= 0.6 is 11.3 Å². The first-order valence-corrected chi connectivity index (χ1v) is 4.76. The van der Waals surface area contributed by atoms with Crippen LogP contribution in [-0.2, 0) is 6.54 Å². The molecule has 76 valence electrons. The maximum Gasteiger partial charge on any atom is 0.226 e. The molecule has 2 N–H and O–H groups in total. The van der Waals surface area contributed by atoms with Gasteiger partial charge in [0, 0.05) is 6.07 Å². The van der Waals surface area contributed by atoms with Crippen molar-refractivity contribution in [3.8, 4) is 0 Å². The lowest BCUT2D eigenvalue weighted by atomic mass is 10.3. The van der Waals surface area contributed by atoms with Gasteiger partial charge in [-0.25, -0.2) is 0 Å². The molecule has 0 radical (unpaired) electrons. The average Bonchev–Trinajstić information content (AvgIpc) is 2.50. The molecular formula is C10H12BrNOS. The first-order valence-electron chi connectivity index (χ1n) is 3.88. The van der Waals surface area contributed by atoms with Gasteiger partial charge in [-0.15, -0.1) is 0 Å². The Bertz CT molecular complexity index is 413. The van der Waals surface area contributed by atoms with E-state index in [4.69, 9.17) is 0 Å². The summed E-state index contributed by atoms with van der Waals surface area (Å²) in [5.74, 6) is 0. The van der Waals surface area contributed by atoms with Gasteiger partial charge in [0.1, 0.15) is 4.70 Å². The van der Waals surface area contributed by atoms with Crippen LogP contribution in [0.4, 0.5) is 0 Å². The van der Waals surface area contributed by atoms with E-state index in [-0.39, 0.29) is 22.5 Å².